The summed E-state index contributed by atoms with van der Waals surface area (Å²) in [6.07, 6.45) is 4.21. The molecule has 0 spiro atoms. The monoisotopic (exact) mass is 343 g/mol. The van der Waals surface area contributed by atoms with Gasteiger partial charge in [-0.05, 0) is 30.2 Å². The van der Waals surface area contributed by atoms with Crippen molar-refractivity contribution in [2.45, 2.75) is 52.9 Å². The summed E-state index contributed by atoms with van der Waals surface area (Å²) in [5.41, 5.74) is 4.56. The molecule has 1 aliphatic rings. The Bertz CT molecular complexity index is 618. The third-order valence-corrected chi connectivity index (χ3v) is 4.13. The third kappa shape index (κ3) is 6.69. The van der Waals surface area contributed by atoms with Gasteiger partial charge in [0.15, 0.2) is 0 Å². The standard InChI is InChI=1S/C20H29N3O2/c1-20(2,3)14-17(16-10-6-4-7-11-16)21-22-18(24)15-23-13-9-5-8-12-19(23)25/h4,6-7,10-11H,5,8-9,12-15H2,1-3H3,(H,22,24). The molecule has 0 atom stereocenters. The second-order valence-corrected chi connectivity index (χ2v) is 7.82. The maximum Gasteiger partial charge on any atom is 0.259 e. The molecule has 0 aromatic heterocycles. The van der Waals surface area contributed by atoms with E-state index in [9.17, 15) is 9.59 Å². The van der Waals surface area contributed by atoms with Crippen molar-refractivity contribution in [3.05, 3.63) is 35.9 Å². The van der Waals surface area contributed by atoms with E-state index in [2.05, 4.69) is 31.3 Å². The number of likely N-dealkylation sites (tertiary alicyclic amines) is 1. The number of carbonyl (C=O) groups is 2. The summed E-state index contributed by atoms with van der Waals surface area (Å²) < 4.78 is 0. The lowest BCUT2D eigenvalue weighted by molar-refractivity contribution is -0.135. The molecular weight excluding hydrogens is 314 g/mol. The molecule has 0 aliphatic carbocycles. The van der Waals surface area contributed by atoms with E-state index in [1.54, 1.807) is 4.90 Å². The van der Waals surface area contributed by atoms with Gasteiger partial charge in [-0.15, -0.1) is 0 Å². The number of rotatable bonds is 5. The third-order valence-electron chi connectivity index (χ3n) is 4.13. The zero-order valence-electron chi connectivity index (χ0n) is 15.5. The van der Waals surface area contributed by atoms with Crippen molar-refractivity contribution in [1.29, 1.82) is 0 Å². The molecular formula is C20H29N3O2. The molecule has 1 aromatic rings. The first-order chi connectivity index (χ1) is 11.8. The van der Waals surface area contributed by atoms with E-state index in [0.717, 1.165) is 37.0 Å². The lowest BCUT2D eigenvalue weighted by Crippen LogP contribution is -2.39. The molecule has 1 aromatic carbocycles. The second-order valence-electron chi connectivity index (χ2n) is 7.82. The van der Waals surface area contributed by atoms with Crippen LogP contribution >= 0.6 is 0 Å². The van der Waals surface area contributed by atoms with Crippen LogP contribution in [0.15, 0.2) is 35.4 Å². The van der Waals surface area contributed by atoms with Crippen LogP contribution in [-0.2, 0) is 9.59 Å². The number of hydrazone groups is 1. The van der Waals surface area contributed by atoms with E-state index in [-0.39, 0.29) is 23.8 Å². The molecule has 1 aliphatic heterocycles. The highest BCUT2D eigenvalue weighted by Gasteiger charge is 2.20. The molecule has 1 fully saturated rings. The highest BCUT2D eigenvalue weighted by Crippen LogP contribution is 2.22. The molecule has 5 nitrogen and oxygen atoms in total. The fraction of sp³-hybridized carbons (Fsp3) is 0.550. The van der Waals surface area contributed by atoms with Gasteiger partial charge in [0.25, 0.3) is 5.91 Å². The van der Waals surface area contributed by atoms with Gasteiger partial charge in [0.1, 0.15) is 6.54 Å². The number of carbonyl (C=O) groups excluding carboxylic acids is 2. The quantitative estimate of drug-likeness (QED) is 0.658. The maximum atomic E-state index is 12.3. The summed E-state index contributed by atoms with van der Waals surface area (Å²) in [6, 6.07) is 9.88. The normalized spacial score (nSPS) is 16.5. The van der Waals surface area contributed by atoms with Gasteiger partial charge in [-0.2, -0.15) is 5.10 Å². The molecule has 0 saturated carbocycles. The minimum Gasteiger partial charge on any atom is -0.333 e. The van der Waals surface area contributed by atoms with Gasteiger partial charge in [0.2, 0.25) is 5.91 Å². The van der Waals surface area contributed by atoms with Gasteiger partial charge < -0.3 is 4.90 Å². The highest BCUT2D eigenvalue weighted by molar-refractivity contribution is 6.01. The Hall–Kier alpha value is -2.17. The van der Waals surface area contributed by atoms with Crippen molar-refractivity contribution in [2.75, 3.05) is 13.1 Å². The maximum absolute atomic E-state index is 12.3. The smallest absolute Gasteiger partial charge is 0.259 e. The number of nitrogens with one attached hydrogen (secondary N) is 1. The van der Waals surface area contributed by atoms with Crippen LogP contribution in [0.1, 0.15) is 58.4 Å². The summed E-state index contributed by atoms with van der Waals surface area (Å²) in [7, 11) is 0. The van der Waals surface area contributed by atoms with Crippen LogP contribution in [0.3, 0.4) is 0 Å². The van der Waals surface area contributed by atoms with Crippen LogP contribution in [-0.4, -0.2) is 35.5 Å². The number of hydrogen-bond donors (Lipinski definition) is 1. The van der Waals surface area contributed by atoms with Crippen LogP contribution in [0.2, 0.25) is 0 Å². The molecule has 0 radical (unpaired) electrons. The topological polar surface area (TPSA) is 61.8 Å². The summed E-state index contributed by atoms with van der Waals surface area (Å²) in [6.45, 7) is 7.17. The fourth-order valence-electron chi connectivity index (χ4n) is 2.88. The molecule has 1 N–H and O–H groups in total. The summed E-state index contributed by atoms with van der Waals surface area (Å²) in [5.74, 6) is -0.174. The largest absolute Gasteiger partial charge is 0.333 e. The van der Waals surface area contributed by atoms with E-state index in [1.807, 2.05) is 30.3 Å². The molecule has 2 amide bonds. The zero-order valence-corrected chi connectivity index (χ0v) is 15.5. The second kappa shape index (κ2) is 8.79. The number of benzene rings is 1. The first-order valence-corrected chi connectivity index (χ1v) is 9.04. The van der Waals surface area contributed by atoms with Crippen LogP contribution in [0.5, 0.6) is 0 Å². The highest BCUT2D eigenvalue weighted by atomic mass is 16.2. The van der Waals surface area contributed by atoms with Crippen LogP contribution in [0.25, 0.3) is 0 Å². The van der Waals surface area contributed by atoms with Gasteiger partial charge in [-0.1, -0.05) is 57.5 Å². The Morgan fingerprint density at radius 2 is 1.88 bits per heavy atom. The Morgan fingerprint density at radius 3 is 2.56 bits per heavy atom. The van der Waals surface area contributed by atoms with E-state index < -0.39 is 0 Å². The van der Waals surface area contributed by atoms with Gasteiger partial charge in [0.05, 0.1) is 5.71 Å². The van der Waals surface area contributed by atoms with Crippen LogP contribution in [0.4, 0.5) is 0 Å². The average Bonchev–Trinajstić information content (AvgIpc) is 2.76. The Kier molecular flexibility index (Phi) is 6.73. The molecule has 0 unspecified atom stereocenters. The Labute approximate surface area is 150 Å². The Morgan fingerprint density at radius 1 is 1.16 bits per heavy atom. The van der Waals surface area contributed by atoms with Gasteiger partial charge in [-0.25, -0.2) is 5.43 Å². The number of hydrogen-bond acceptors (Lipinski definition) is 3. The van der Waals surface area contributed by atoms with E-state index in [4.69, 9.17) is 0 Å². The minimum atomic E-state index is -0.238. The molecule has 1 heterocycles. The lowest BCUT2D eigenvalue weighted by atomic mass is 9.87. The SMILES string of the molecule is CC(C)(C)CC(=NNC(=O)CN1CCCCCC1=O)c1ccccc1. The van der Waals surface area contributed by atoms with E-state index in [1.165, 1.54) is 0 Å². The minimum absolute atomic E-state index is 0.0557. The van der Waals surface area contributed by atoms with Crippen molar-refractivity contribution in [3.8, 4) is 0 Å². The predicted molar refractivity (Wildman–Crippen MR) is 100 cm³/mol. The predicted octanol–water partition coefficient (Wildman–Crippen LogP) is 3.35. The van der Waals surface area contributed by atoms with E-state index in [0.29, 0.717) is 13.0 Å². The summed E-state index contributed by atoms with van der Waals surface area (Å²) in [5, 5.41) is 4.37. The molecule has 25 heavy (non-hydrogen) atoms. The van der Waals surface area contributed by atoms with Gasteiger partial charge in [-0.3, -0.25) is 9.59 Å². The first-order valence-electron chi connectivity index (χ1n) is 9.04. The lowest BCUT2D eigenvalue weighted by Gasteiger charge is -2.21. The Balaban J connectivity index is 2.04. The van der Waals surface area contributed by atoms with Crippen molar-refractivity contribution in [3.63, 3.8) is 0 Å². The molecule has 0 bridgehead atoms. The average molecular weight is 343 g/mol. The zero-order chi connectivity index (χ0) is 18.3. The van der Waals surface area contributed by atoms with Crippen molar-refractivity contribution in [2.24, 2.45) is 10.5 Å². The van der Waals surface area contributed by atoms with Crippen molar-refractivity contribution in [1.82, 2.24) is 10.3 Å². The number of nitrogens with zero attached hydrogens (tertiary/aromatic N) is 2. The fourth-order valence-corrected chi connectivity index (χ4v) is 2.88. The number of amides is 2. The van der Waals surface area contributed by atoms with E-state index >= 15 is 0 Å². The molecule has 2 rings (SSSR count). The molecule has 136 valence electrons. The van der Waals surface area contributed by atoms with Crippen molar-refractivity contribution < 1.29 is 9.59 Å². The molecule has 1 saturated heterocycles. The van der Waals surface area contributed by atoms with Gasteiger partial charge in [0, 0.05) is 13.0 Å². The summed E-state index contributed by atoms with van der Waals surface area (Å²) >= 11 is 0. The summed E-state index contributed by atoms with van der Waals surface area (Å²) in [4.78, 5) is 25.9. The van der Waals surface area contributed by atoms with Crippen molar-refractivity contribution >= 4 is 17.5 Å². The molecule has 5 heteroatoms. The van der Waals surface area contributed by atoms with Crippen LogP contribution < -0.4 is 5.43 Å². The van der Waals surface area contributed by atoms with Gasteiger partial charge >= 0.3 is 0 Å². The first kappa shape index (κ1) is 19.2. The van der Waals surface area contributed by atoms with Crippen LogP contribution in [0, 0.1) is 5.41 Å².